The lowest BCUT2D eigenvalue weighted by atomic mass is 10.1. The van der Waals surface area contributed by atoms with Crippen molar-refractivity contribution in [2.45, 2.75) is 19.8 Å². The van der Waals surface area contributed by atoms with Crippen LogP contribution in [0.15, 0.2) is 35.3 Å². The molecule has 90 valence electrons. The van der Waals surface area contributed by atoms with Gasteiger partial charge in [-0.3, -0.25) is 4.57 Å². The minimum atomic E-state index is -0.123. The van der Waals surface area contributed by atoms with Crippen LogP contribution in [-0.4, -0.2) is 21.3 Å². The third-order valence-electron chi connectivity index (χ3n) is 2.75. The van der Waals surface area contributed by atoms with E-state index in [-0.39, 0.29) is 12.3 Å². The van der Waals surface area contributed by atoms with Gasteiger partial charge in [0.15, 0.2) is 0 Å². The van der Waals surface area contributed by atoms with Gasteiger partial charge in [-0.1, -0.05) is 12.1 Å². The van der Waals surface area contributed by atoms with Crippen LogP contribution in [0.1, 0.15) is 17.7 Å². The molecule has 0 aliphatic heterocycles. The Morgan fingerprint density at radius 1 is 1.41 bits per heavy atom. The largest absolute Gasteiger partial charge is 0.396 e. The minimum Gasteiger partial charge on any atom is -0.396 e. The van der Waals surface area contributed by atoms with Crippen molar-refractivity contribution in [3.8, 4) is 5.69 Å². The van der Waals surface area contributed by atoms with Crippen LogP contribution in [0, 0.1) is 6.92 Å². The summed E-state index contributed by atoms with van der Waals surface area (Å²) in [6.07, 6.45) is 3.26. The summed E-state index contributed by atoms with van der Waals surface area (Å²) < 4.78 is 1.64. The van der Waals surface area contributed by atoms with Gasteiger partial charge in [0.1, 0.15) is 0 Å². The molecule has 4 heteroatoms. The molecule has 0 saturated heterocycles. The van der Waals surface area contributed by atoms with Gasteiger partial charge >= 0.3 is 5.69 Å². The van der Waals surface area contributed by atoms with Crippen LogP contribution in [0.5, 0.6) is 0 Å². The second-order valence-corrected chi connectivity index (χ2v) is 4.07. The SMILES string of the molecule is Cc1c[nH]c(=O)n1-c1cccc(CCCO)c1. The molecule has 0 spiro atoms. The van der Waals surface area contributed by atoms with Gasteiger partial charge in [0.2, 0.25) is 0 Å². The van der Waals surface area contributed by atoms with E-state index in [1.807, 2.05) is 31.2 Å². The summed E-state index contributed by atoms with van der Waals surface area (Å²) in [5.74, 6) is 0. The van der Waals surface area contributed by atoms with Crippen LogP contribution in [0.25, 0.3) is 5.69 Å². The number of hydrogen-bond donors (Lipinski definition) is 2. The van der Waals surface area contributed by atoms with E-state index in [0.717, 1.165) is 29.8 Å². The Morgan fingerprint density at radius 3 is 2.88 bits per heavy atom. The molecule has 0 saturated carbocycles. The van der Waals surface area contributed by atoms with Crippen molar-refractivity contribution in [2.24, 2.45) is 0 Å². The summed E-state index contributed by atoms with van der Waals surface area (Å²) in [4.78, 5) is 14.3. The Bertz CT molecular complexity index is 555. The highest BCUT2D eigenvalue weighted by molar-refractivity contribution is 5.37. The molecule has 0 amide bonds. The number of aliphatic hydroxyl groups is 1. The van der Waals surface area contributed by atoms with E-state index in [4.69, 9.17) is 5.11 Å². The fraction of sp³-hybridized carbons (Fsp3) is 0.308. The third-order valence-corrected chi connectivity index (χ3v) is 2.75. The van der Waals surface area contributed by atoms with E-state index in [1.54, 1.807) is 10.8 Å². The first-order valence-electron chi connectivity index (χ1n) is 5.69. The Labute approximate surface area is 99.5 Å². The first kappa shape index (κ1) is 11.7. The maximum absolute atomic E-state index is 11.6. The zero-order valence-corrected chi connectivity index (χ0v) is 9.81. The molecule has 0 unspecified atom stereocenters. The van der Waals surface area contributed by atoms with E-state index in [2.05, 4.69) is 4.98 Å². The van der Waals surface area contributed by atoms with E-state index in [9.17, 15) is 4.79 Å². The molecule has 2 N–H and O–H groups in total. The molecule has 0 aliphatic rings. The lowest BCUT2D eigenvalue weighted by Crippen LogP contribution is -2.15. The van der Waals surface area contributed by atoms with E-state index < -0.39 is 0 Å². The Kier molecular flexibility index (Phi) is 3.44. The number of benzene rings is 1. The number of aliphatic hydroxyl groups excluding tert-OH is 1. The van der Waals surface area contributed by atoms with Crippen molar-refractivity contribution in [3.63, 3.8) is 0 Å². The summed E-state index contributed by atoms with van der Waals surface area (Å²) >= 11 is 0. The van der Waals surface area contributed by atoms with Crippen molar-refractivity contribution in [2.75, 3.05) is 6.61 Å². The van der Waals surface area contributed by atoms with Gasteiger partial charge in [0.25, 0.3) is 0 Å². The number of hydrogen-bond acceptors (Lipinski definition) is 2. The molecule has 0 bridgehead atoms. The van der Waals surface area contributed by atoms with Crippen molar-refractivity contribution < 1.29 is 5.11 Å². The monoisotopic (exact) mass is 232 g/mol. The second-order valence-electron chi connectivity index (χ2n) is 4.07. The van der Waals surface area contributed by atoms with Crippen molar-refractivity contribution in [1.82, 2.24) is 9.55 Å². The predicted octanol–water partition coefficient (Wildman–Crippen LogP) is 1.40. The maximum Gasteiger partial charge on any atom is 0.330 e. The van der Waals surface area contributed by atoms with E-state index in [1.165, 1.54) is 0 Å². The maximum atomic E-state index is 11.6. The van der Waals surface area contributed by atoms with Crippen molar-refractivity contribution in [3.05, 3.63) is 52.2 Å². The van der Waals surface area contributed by atoms with Gasteiger partial charge < -0.3 is 10.1 Å². The van der Waals surface area contributed by atoms with Gasteiger partial charge in [-0.05, 0) is 37.5 Å². The fourth-order valence-corrected chi connectivity index (χ4v) is 1.91. The lowest BCUT2D eigenvalue weighted by Gasteiger charge is -2.06. The number of aryl methyl sites for hydroxylation is 2. The smallest absolute Gasteiger partial charge is 0.330 e. The number of H-pyrrole nitrogens is 1. The Hall–Kier alpha value is -1.81. The quantitative estimate of drug-likeness (QED) is 0.837. The van der Waals surface area contributed by atoms with Crippen LogP contribution in [0.2, 0.25) is 0 Å². The van der Waals surface area contributed by atoms with Gasteiger partial charge in [-0.15, -0.1) is 0 Å². The fourth-order valence-electron chi connectivity index (χ4n) is 1.91. The number of rotatable bonds is 4. The van der Waals surface area contributed by atoms with Crippen LogP contribution in [0.3, 0.4) is 0 Å². The molecule has 0 radical (unpaired) electrons. The molecule has 4 nitrogen and oxygen atoms in total. The molecule has 2 rings (SSSR count). The van der Waals surface area contributed by atoms with Crippen molar-refractivity contribution in [1.29, 1.82) is 0 Å². The van der Waals surface area contributed by atoms with Crippen LogP contribution in [-0.2, 0) is 6.42 Å². The van der Waals surface area contributed by atoms with Gasteiger partial charge in [-0.25, -0.2) is 4.79 Å². The first-order valence-corrected chi connectivity index (χ1v) is 5.69. The lowest BCUT2D eigenvalue weighted by molar-refractivity contribution is 0.288. The third kappa shape index (κ3) is 2.47. The van der Waals surface area contributed by atoms with Crippen LogP contribution >= 0.6 is 0 Å². The molecule has 0 atom stereocenters. The predicted molar refractivity (Wildman–Crippen MR) is 66.5 cm³/mol. The summed E-state index contributed by atoms with van der Waals surface area (Å²) in [5.41, 5.74) is 2.75. The molecule has 0 fully saturated rings. The number of nitrogens with zero attached hydrogens (tertiary/aromatic N) is 1. The topological polar surface area (TPSA) is 58.0 Å². The average molecular weight is 232 g/mol. The molecule has 1 aromatic heterocycles. The summed E-state index contributed by atoms with van der Waals surface area (Å²) in [6.45, 7) is 2.08. The van der Waals surface area contributed by atoms with Gasteiger partial charge in [-0.2, -0.15) is 0 Å². The molecule has 0 aliphatic carbocycles. The summed E-state index contributed by atoms with van der Waals surface area (Å²) in [7, 11) is 0. The number of imidazole rings is 1. The Balaban J connectivity index is 2.36. The highest BCUT2D eigenvalue weighted by atomic mass is 16.2. The highest BCUT2D eigenvalue weighted by Crippen LogP contribution is 2.12. The number of aromatic amines is 1. The molecule has 2 aromatic rings. The van der Waals surface area contributed by atoms with E-state index >= 15 is 0 Å². The van der Waals surface area contributed by atoms with Crippen LogP contribution < -0.4 is 5.69 Å². The summed E-state index contributed by atoms with van der Waals surface area (Å²) in [6, 6.07) is 7.83. The molecule has 1 aromatic carbocycles. The molecular formula is C13H16N2O2. The van der Waals surface area contributed by atoms with Gasteiger partial charge in [0.05, 0.1) is 5.69 Å². The average Bonchev–Trinajstić information content (AvgIpc) is 2.67. The number of nitrogens with one attached hydrogen (secondary N) is 1. The van der Waals surface area contributed by atoms with Crippen LogP contribution in [0.4, 0.5) is 0 Å². The minimum absolute atomic E-state index is 0.123. The molecular weight excluding hydrogens is 216 g/mol. The summed E-state index contributed by atoms with van der Waals surface area (Å²) in [5, 5.41) is 8.81. The van der Waals surface area contributed by atoms with E-state index in [0.29, 0.717) is 0 Å². The molecule has 1 heterocycles. The van der Waals surface area contributed by atoms with Gasteiger partial charge in [0, 0.05) is 18.5 Å². The standard InChI is InChI=1S/C13H16N2O2/c1-10-9-14-13(17)15(10)12-6-2-4-11(8-12)5-3-7-16/h2,4,6,8-9,16H,3,5,7H2,1H3,(H,14,17). The zero-order valence-electron chi connectivity index (χ0n) is 9.81. The Morgan fingerprint density at radius 2 is 2.24 bits per heavy atom. The second kappa shape index (κ2) is 5.01. The highest BCUT2D eigenvalue weighted by Gasteiger charge is 2.05. The van der Waals surface area contributed by atoms with Crippen molar-refractivity contribution >= 4 is 0 Å². The first-order chi connectivity index (χ1) is 8.22. The number of aromatic nitrogens is 2. The normalized spacial score (nSPS) is 10.7. The zero-order chi connectivity index (χ0) is 12.3. The molecule has 17 heavy (non-hydrogen) atoms.